The van der Waals surface area contributed by atoms with Crippen molar-refractivity contribution in [2.45, 2.75) is 6.18 Å². The van der Waals surface area contributed by atoms with E-state index in [2.05, 4.69) is 15.9 Å². The number of rotatable bonds is 2. The van der Waals surface area contributed by atoms with Crippen LogP contribution < -0.4 is 0 Å². The summed E-state index contributed by atoms with van der Waals surface area (Å²) >= 11 is 14.6. The molecule has 0 aromatic heterocycles. The highest BCUT2D eigenvalue weighted by Gasteiger charge is 2.31. The van der Waals surface area contributed by atoms with E-state index in [0.29, 0.717) is 10.9 Å². The normalized spacial score (nSPS) is 12.4. The van der Waals surface area contributed by atoms with Gasteiger partial charge >= 0.3 is 6.18 Å². The maximum absolute atomic E-state index is 12.4. The van der Waals surface area contributed by atoms with Gasteiger partial charge in [-0.05, 0) is 12.1 Å². The zero-order valence-electron chi connectivity index (χ0n) is 7.78. The van der Waals surface area contributed by atoms with Crippen LogP contribution in [0.4, 0.5) is 13.2 Å². The minimum absolute atomic E-state index is 0.0166. The molecule has 0 N–H and O–H groups in total. The van der Waals surface area contributed by atoms with E-state index < -0.39 is 11.7 Å². The summed E-state index contributed by atoms with van der Waals surface area (Å²) in [4.78, 5) is 0. The molecule has 0 aliphatic heterocycles. The van der Waals surface area contributed by atoms with E-state index >= 15 is 0 Å². The Kier molecular flexibility index (Phi) is 4.71. The molecule has 0 spiro atoms. The first-order chi connectivity index (χ1) is 7.36. The van der Waals surface area contributed by atoms with Crippen LogP contribution in [0.25, 0.3) is 6.08 Å². The summed E-state index contributed by atoms with van der Waals surface area (Å²) in [5, 5.41) is 0.537. The number of hydrogen-bond acceptors (Lipinski definition) is 0. The molecule has 0 saturated carbocycles. The molecule has 0 aliphatic rings. The van der Waals surface area contributed by atoms with Gasteiger partial charge < -0.3 is 0 Å². The molecule has 1 aromatic rings. The maximum Gasteiger partial charge on any atom is 0.416 e. The molecule has 0 radical (unpaired) electrons. The van der Waals surface area contributed by atoms with Crippen LogP contribution in [0.2, 0.25) is 10.0 Å². The molecule has 0 saturated heterocycles. The van der Waals surface area contributed by atoms with Gasteiger partial charge in [0.15, 0.2) is 0 Å². The summed E-state index contributed by atoms with van der Waals surface area (Å²) in [6.07, 6.45) is -1.18. The summed E-state index contributed by atoms with van der Waals surface area (Å²) in [5.41, 5.74) is -0.464. The third-order valence-corrected chi connectivity index (χ3v) is 2.78. The molecule has 0 heterocycles. The van der Waals surface area contributed by atoms with E-state index in [1.165, 1.54) is 0 Å². The molecule has 1 aromatic carbocycles. The minimum Gasteiger partial charge on any atom is -0.166 e. The highest BCUT2D eigenvalue weighted by atomic mass is 79.9. The molecule has 16 heavy (non-hydrogen) atoms. The van der Waals surface area contributed by atoms with E-state index in [-0.39, 0.29) is 10.0 Å². The predicted molar refractivity (Wildman–Crippen MR) is 64.3 cm³/mol. The van der Waals surface area contributed by atoms with Gasteiger partial charge in [-0.3, -0.25) is 0 Å². The summed E-state index contributed by atoms with van der Waals surface area (Å²) in [6, 6.07) is 1.72. The first-order valence-electron chi connectivity index (χ1n) is 4.15. The first kappa shape index (κ1) is 13.9. The van der Waals surface area contributed by atoms with Crippen molar-refractivity contribution in [3.8, 4) is 0 Å². The van der Waals surface area contributed by atoms with Crippen LogP contribution in [-0.2, 0) is 6.18 Å². The van der Waals surface area contributed by atoms with Gasteiger partial charge in [-0.2, -0.15) is 13.2 Å². The summed E-state index contributed by atoms with van der Waals surface area (Å²) in [6.45, 7) is 0. The predicted octanol–water partition coefficient (Wildman–Crippen LogP) is 5.42. The Labute approximate surface area is 109 Å². The molecular formula is C10H6BrCl2F3. The SMILES string of the molecule is FC(F)(F)c1cc(Cl)c(C=CCBr)c(Cl)c1. The fraction of sp³-hybridized carbons (Fsp3) is 0.200. The lowest BCUT2D eigenvalue weighted by molar-refractivity contribution is -0.137. The monoisotopic (exact) mass is 332 g/mol. The average Bonchev–Trinajstić information content (AvgIpc) is 2.15. The van der Waals surface area contributed by atoms with Gasteiger partial charge in [-0.1, -0.05) is 51.3 Å². The Balaban J connectivity index is 3.23. The first-order valence-corrected chi connectivity index (χ1v) is 6.02. The molecule has 0 bridgehead atoms. The summed E-state index contributed by atoms with van der Waals surface area (Å²) in [5.74, 6) is 0. The number of allylic oxidation sites excluding steroid dienone is 1. The van der Waals surface area contributed by atoms with Crippen LogP contribution in [0.1, 0.15) is 11.1 Å². The van der Waals surface area contributed by atoms with E-state index in [0.717, 1.165) is 12.1 Å². The van der Waals surface area contributed by atoms with Gasteiger partial charge in [0.05, 0.1) is 5.56 Å². The third kappa shape index (κ3) is 3.40. The lowest BCUT2D eigenvalue weighted by atomic mass is 10.1. The van der Waals surface area contributed by atoms with Gasteiger partial charge in [-0.15, -0.1) is 0 Å². The molecule has 1 rings (SSSR count). The van der Waals surface area contributed by atoms with Crippen molar-refractivity contribution in [2.24, 2.45) is 0 Å². The van der Waals surface area contributed by atoms with Gasteiger partial charge in [0.25, 0.3) is 0 Å². The highest BCUT2D eigenvalue weighted by Crippen LogP contribution is 2.36. The quantitative estimate of drug-likeness (QED) is 0.634. The van der Waals surface area contributed by atoms with Crippen LogP contribution in [0, 0.1) is 0 Å². The number of alkyl halides is 4. The third-order valence-electron chi connectivity index (χ3n) is 1.78. The van der Waals surface area contributed by atoms with E-state index in [1.54, 1.807) is 12.2 Å². The molecule has 6 heteroatoms. The number of benzene rings is 1. The second-order valence-electron chi connectivity index (χ2n) is 2.91. The second kappa shape index (κ2) is 5.43. The van der Waals surface area contributed by atoms with Crippen molar-refractivity contribution in [1.29, 1.82) is 0 Å². The van der Waals surface area contributed by atoms with Crippen molar-refractivity contribution in [2.75, 3.05) is 5.33 Å². The standard InChI is InChI=1S/C10H6BrCl2F3/c11-3-1-2-7-8(12)4-6(5-9(7)13)10(14,15)16/h1-2,4-5H,3H2. The van der Waals surface area contributed by atoms with Crippen LogP contribution in [0.15, 0.2) is 18.2 Å². The van der Waals surface area contributed by atoms with Gasteiger partial charge in [0.1, 0.15) is 0 Å². The largest absolute Gasteiger partial charge is 0.416 e. The number of halogens is 6. The molecular weight excluding hydrogens is 328 g/mol. The van der Waals surface area contributed by atoms with Crippen molar-refractivity contribution >= 4 is 45.2 Å². The average molecular weight is 334 g/mol. The fourth-order valence-corrected chi connectivity index (χ4v) is 1.87. The molecule has 0 aliphatic carbocycles. The molecule has 88 valence electrons. The Morgan fingerprint density at radius 1 is 1.19 bits per heavy atom. The van der Waals surface area contributed by atoms with Crippen LogP contribution in [0.3, 0.4) is 0 Å². The Bertz CT molecular complexity index is 390. The molecule has 0 amide bonds. The smallest absolute Gasteiger partial charge is 0.166 e. The van der Waals surface area contributed by atoms with Gasteiger partial charge in [0, 0.05) is 20.9 Å². The zero-order chi connectivity index (χ0) is 12.3. The van der Waals surface area contributed by atoms with E-state index in [4.69, 9.17) is 23.2 Å². The van der Waals surface area contributed by atoms with Crippen molar-refractivity contribution in [3.05, 3.63) is 39.4 Å². The Morgan fingerprint density at radius 3 is 2.06 bits per heavy atom. The maximum atomic E-state index is 12.4. The van der Waals surface area contributed by atoms with Gasteiger partial charge in [0.2, 0.25) is 0 Å². The van der Waals surface area contributed by atoms with Crippen LogP contribution in [-0.4, -0.2) is 5.33 Å². The zero-order valence-corrected chi connectivity index (χ0v) is 10.9. The Morgan fingerprint density at radius 2 is 1.69 bits per heavy atom. The lowest BCUT2D eigenvalue weighted by Crippen LogP contribution is -2.05. The highest BCUT2D eigenvalue weighted by molar-refractivity contribution is 9.09. The number of hydrogen-bond donors (Lipinski definition) is 0. The van der Waals surface area contributed by atoms with Crippen molar-refractivity contribution < 1.29 is 13.2 Å². The van der Waals surface area contributed by atoms with E-state index in [1.807, 2.05) is 0 Å². The molecule has 0 fully saturated rings. The Hall–Kier alpha value is -0.190. The van der Waals surface area contributed by atoms with Crippen LogP contribution in [0.5, 0.6) is 0 Å². The second-order valence-corrected chi connectivity index (χ2v) is 4.37. The van der Waals surface area contributed by atoms with Gasteiger partial charge in [-0.25, -0.2) is 0 Å². The molecule has 0 nitrogen and oxygen atoms in total. The molecule has 0 atom stereocenters. The summed E-state index contributed by atoms with van der Waals surface area (Å²) < 4.78 is 37.2. The van der Waals surface area contributed by atoms with Crippen LogP contribution >= 0.6 is 39.1 Å². The van der Waals surface area contributed by atoms with Crippen molar-refractivity contribution in [1.82, 2.24) is 0 Å². The lowest BCUT2D eigenvalue weighted by Gasteiger charge is -2.10. The topological polar surface area (TPSA) is 0 Å². The van der Waals surface area contributed by atoms with Crippen molar-refractivity contribution in [3.63, 3.8) is 0 Å². The summed E-state index contributed by atoms with van der Waals surface area (Å²) in [7, 11) is 0. The van der Waals surface area contributed by atoms with E-state index in [9.17, 15) is 13.2 Å². The molecule has 0 unspecified atom stereocenters. The fourth-order valence-electron chi connectivity index (χ4n) is 1.07. The minimum atomic E-state index is -4.44.